The highest BCUT2D eigenvalue weighted by Gasteiger charge is 2.30. The van der Waals surface area contributed by atoms with E-state index in [2.05, 4.69) is 42.1 Å². The molecule has 4 rings (SSSR count). The third-order valence-electron chi connectivity index (χ3n) is 5.31. The van der Waals surface area contributed by atoms with Crippen LogP contribution in [0.15, 0.2) is 43.1 Å². The predicted octanol–water partition coefficient (Wildman–Crippen LogP) is 4.73. The van der Waals surface area contributed by atoms with Crippen LogP contribution in [0.25, 0.3) is 5.82 Å². The topological polar surface area (TPSA) is 59.8 Å². The van der Waals surface area contributed by atoms with E-state index in [-0.39, 0.29) is 5.91 Å². The Labute approximate surface area is 163 Å². The maximum atomic E-state index is 12.7. The number of nitrogens with one attached hydrogen (secondary N) is 1. The van der Waals surface area contributed by atoms with E-state index < -0.39 is 0 Å². The first kappa shape index (κ1) is 17.9. The Morgan fingerprint density at radius 1 is 1.33 bits per heavy atom. The van der Waals surface area contributed by atoms with Crippen molar-refractivity contribution in [3.05, 3.63) is 58.4 Å². The summed E-state index contributed by atoms with van der Waals surface area (Å²) in [6.07, 6.45) is 10.3. The highest BCUT2D eigenvalue weighted by molar-refractivity contribution is 7.14. The summed E-state index contributed by atoms with van der Waals surface area (Å²) in [4.78, 5) is 23.2. The molecule has 27 heavy (non-hydrogen) atoms. The fourth-order valence-electron chi connectivity index (χ4n) is 3.57. The van der Waals surface area contributed by atoms with Crippen LogP contribution in [0.5, 0.6) is 0 Å². The molecule has 3 aromatic heterocycles. The van der Waals surface area contributed by atoms with Gasteiger partial charge in [0.15, 0.2) is 0 Å². The van der Waals surface area contributed by atoms with Crippen molar-refractivity contribution in [1.29, 1.82) is 0 Å². The van der Waals surface area contributed by atoms with Crippen molar-refractivity contribution in [3.8, 4) is 5.82 Å². The Hall–Kier alpha value is -2.47. The molecule has 0 saturated heterocycles. The highest BCUT2D eigenvalue weighted by Crippen LogP contribution is 2.40. The number of imidazole rings is 1. The summed E-state index contributed by atoms with van der Waals surface area (Å²) in [5, 5.41) is 2.97. The molecule has 0 bridgehead atoms. The summed E-state index contributed by atoms with van der Waals surface area (Å²) in [5.74, 6) is 1.39. The molecule has 0 saturated carbocycles. The summed E-state index contributed by atoms with van der Waals surface area (Å²) < 4.78 is 1.82. The van der Waals surface area contributed by atoms with Crippen molar-refractivity contribution in [1.82, 2.24) is 14.5 Å². The van der Waals surface area contributed by atoms with Crippen LogP contribution in [0.4, 0.5) is 5.69 Å². The Bertz CT molecular complexity index is 936. The fourth-order valence-corrected chi connectivity index (χ4v) is 4.68. The van der Waals surface area contributed by atoms with E-state index in [0.29, 0.717) is 17.0 Å². The van der Waals surface area contributed by atoms with Gasteiger partial charge in [-0.15, -0.1) is 11.3 Å². The van der Waals surface area contributed by atoms with Crippen molar-refractivity contribution in [3.63, 3.8) is 0 Å². The smallest absolute Gasteiger partial charge is 0.265 e. The first-order valence-electron chi connectivity index (χ1n) is 9.27. The van der Waals surface area contributed by atoms with Crippen LogP contribution in [-0.4, -0.2) is 20.4 Å². The number of hydrogen-bond acceptors (Lipinski definition) is 4. The van der Waals surface area contributed by atoms with Gasteiger partial charge in [0, 0.05) is 17.3 Å². The largest absolute Gasteiger partial charge is 0.320 e. The minimum atomic E-state index is -0.0566. The molecule has 0 radical (unpaired) electrons. The van der Waals surface area contributed by atoms with E-state index in [4.69, 9.17) is 0 Å². The van der Waals surface area contributed by atoms with Crippen LogP contribution in [-0.2, 0) is 12.8 Å². The average molecular weight is 381 g/mol. The Morgan fingerprint density at radius 3 is 2.85 bits per heavy atom. The van der Waals surface area contributed by atoms with Gasteiger partial charge in [0.1, 0.15) is 12.1 Å². The summed E-state index contributed by atoms with van der Waals surface area (Å²) >= 11 is 1.63. The molecule has 0 aromatic carbocycles. The lowest BCUT2D eigenvalue weighted by Crippen LogP contribution is -2.26. The average Bonchev–Trinajstić information content (AvgIpc) is 3.30. The number of rotatable bonds is 3. The summed E-state index contributed by atoms with van der Waals surface area (Å²) in [6, 6.07) is 5.81. The van der Waals surface area contributed by atoms with Crippen molar-refractivity contribution in [2.45, 2.75) is 40.0 Å². The monoisotopic (exact) mass is 380 g/mol. The molecule has 6 heteroatoms. The van der Waals surface area contributed by atoms with Crippen LogP contribution >= 0.6 is 11.3 Å². The molecular weight excluding hydrogens is 356 g/mol. The molecule has 1 aliphatic carbocycles. The number of nitrogens with zero attached hydrogens (tertiary/aromatic N) is 3. The Kier molecular flexibility index (Phi) is 4.60. The van der Waals surface area contributed by atoms with Gasteiger partial charge in [-0.25, -0.2) is 9.97 Å². The SMILES string of the molecule is CC(C)(C)[C@H]1CCc2sc(C(=O)Nc3ccc(-n4ccnc4)nc3)cc2C1. The van der Waals surface area contributed by atoms with Gasteiger partial charge < -0.3 is 5.32 Å². The number of amides is 1. The van der Waals surface area contributed by atoms with Gasteiger partial charge in [0.05, 0.1) is 16.8 Å². The lowest BCUT2D eigenvalue weighted by atomic mass is 9.72. The van der Waals surface area contributed by atoms with Gasteiger partial charge in [0.2, 0.25) is 0 Å². The van der Waals surface area contributed by atoms with Gasteiger partial charge in [-0.1, -0.05) is 20.8 Å². The maximum absolute atomic E-state index is 12.7. The minimum absolute atomic E-state index is 0.0566. The third-order valence-corrected chi connectivity index (χ3v) is 6.54. The van der Waals surface area contributed by atoms with Crippen LogP contribution in [0, 0.1) is 11.3 Å². The molecule has 1 atom stereocenters. The second-order valence-electron chi connectivity index (χ2n) is 8.19. The second kappa shape index (κ2) is 6.93. The highest BCUT2D eigenvalue weighted by atomic mass is 32.1. The van der Waals surface area contributed by atoms with Gasteiger partial charge >= 0.3 is 0 Å². The van der Waals surface area contributed by atoms with Crippen LogP contribution in [0.3, 0.4) is 0 Å². The maximum Gasteiger partial charge on any atom is 0.265 e. The zero-order chi connectivity index (χ0) is 19.0. The molecule has 140 valence electrons. The van der Waals surface area contributed by atoms with Gasteiger partial charge in [-0.3, -0.25) is 9.36 Å². The molecule has 0 fully saturated rings. The Morgan fingerprint density at radius 2 is 2.19 bits per heavy atom. The third kappa shape index (κ3) is 3.81. The normalized spacial score (nSPS) is 16.8. The van der Waals surface area contributed by atoms with E-state index in [1.54, 1.807) is 30.1 Å². The zero-order valence-corrected chi connectivity index (χ0v) is 16.7. The molecule has 5 nitrogen and oxygen atoms in total. The van der Waals surface area contributed by atoms with E-state index in [9.17, 15) is 4.79 Å². The number of carbonyl (C=O) groups excluding carboxylic acids is 1. The molecule has 1 amide bonds. The predicted molar refractivity (Wildman–Crippen MR) is 109 cm³/mol. The molecule has 1 N–H and O–H groups in total. The first-order chi connectivity index (χ1) is 12.9. The number of fused-ring (bicyclic) bond motifs is 1. The molecule has 3 heterocycles. The molecule has 3 aromatic rings. The number of pyridine rings is 1. The molecular formula is C21H24N4OS. The molecule has 1 aliphatic rings. The van der Waals surface area contributed by atoms with Crippen molar-refractivity contribution in [2.24, 2.45) is 11.3 Å². The number of aromatic nitrogens is 3. The van der Waals surface area contributed by atoms with E-state index in [0.717, 1.165) is 23.5 Å². The van der Waals surface area contributed by atoms with Crippen molar-refractivity contribution < 1.29 is 4.79 Å². The van der Waals surface area contributed by atoms with Gasteiger partial charge in [-0.2, -0.15) is 0 Å². The molecule has 0 aliphatic heterocycles. The summed E-state index contributed by atoms with van der Waals surface area (Å²) in [6.45, 7) is 6.93. The van der Waals surface area contributed by atoms with E-state index in [1.807, 2.05) is 22.9 Å². The number of anilines is 1. The van der Waals surface area contributed by atoms with Gasteiger partial charge in [-0.05, 0) is 54.4 Å². The summed E-state index contributed by atoms with van der Waals surface area (Å²) in [5.41, 5.74) is 2.36. The standard InChI is InChI=1S/C21H24N4OS/c1-21(2,3)15-4-6-17-14(10-15)11-18(27-17)20(26)24-16-5-7-19(23-12-16)25-9-8-22-13-25/h5,7-9,11-13,15H,4,6,10H2,1-3H3,(H,24,26)/t15-/m0/s1. The first-order valence-corrected chi connectivity index (χ1v) is 10.1. The lowest BCUT2D eigenvalue weighted by molar-refractivity contribution is 0.103. The summed E-state index contributed by atoms with van der Waals surface area (Å²) in [7, 11) is 0. The number of thiophene rings is 1. The minimum Gasteiger partial charge on any atom is -0.320 e. The second-order valence-corrected chi connectivity index (χ2v) is 9.33. The fraction of sp³-hybridized carbons (Fsp3) is 0.381. The number of hydrogen-bond donors (Lipinski definition) is 1. The van der Waals surface area contributed by atoms with Crippen molar-refractivity contribution >= 4 is 22.9 Å². The van der Waals surface area contributed by atoms with Gasteiger partial charge in [0.25, 0.3) is 5.91 Å². The van der Waals surface area contributed by atoms with Crippen LogP contribution < -0.4 is 5.32 Å². The van der Waals surface area contributed by atoms with Crippen LogP contribution in [0.2, 0.25) is 0 Å². The molecule has 0 unspecified atom stereocenters. The number of aryl methyl sites for hydroxylation is 1. The zero-order valence-electron chi connectivity index (χ0n) is 15.9. The number of carbonyl (C=O) groups is 1. The van der Waals surface area contributed by atoms with Crippen molar-refractivity contribution in [2.75, 3.05) is 5.32 Å². The van der Waals surface area contributed by atoms with E-state index in [1.165, 1.54) is 16.9 Å². The molecule has 0 spiro atoms. The van der Waals surface area contributed by atoms with Crippen LogP contribution in [0.1, 0.15) is 47.3 Å². The quantitative estimate of drug-likeness (QED) is 0.714. The Balaban J connectivity index is 1.46. The van der Waals surface area contributed by atoms with E-state index >= 15 is 0 Å². The lowest BCUT2D eigenvalue weighted by Gasteiger charge is -2.33.